The van der Waals surface area contributed by atoms with Gasteiger partial charge in [-0.15, -0.1) is 17.0 Å². The van der Waals surface area contributed by atoms with Crippen molar-refractivity contribution in [1.29, 1.82) is 0 Å². The molecule has 1 aliphatic heterocycles. The van der Waals surface area contributed by atoms with E-state index in [1.54, 1.807) is 12.1 Å². The van der Waals surface area contributed by atoms with E-state index in [2.05, 4.69) is 5.32 Å². The third-order valence-electron chi connectivity index (χ3n) is 3.71. The van der Waals surface area contributed by atoms with Gasteiger partial charge in [0.05, 0.1) is 5.41 Å². The Balaban J connectivity index is 0.00000162. The molecule has 1 aromatic rings. The molecule has 1 saturated heterocycles. The largest absolute Gasteiger partial charge is 0.508 e. The van der Waals surface area contributed by atoms with E-state index in [0.29, 0.717) is 6.42 Å². The number of aromatic hydroxyl groups is 1. The molecule has 0 aromatic heterocycles. The molecule has 100 valence electrons. The first-order valence-corrected chi connectivity index (χ1v) is 6.22. The monoisotopic (exact) mass is 313 g/mol. The van der Waals surface area contributed by atoms with Crippen molar-refractivity contribution in [3.05, 3.63) is 29.8 Å². The van der Waals surface area contributed by atoms with Crippen LogP contribution in [0.15, 0.2) is 24.3 Å². The topological polar surface area (TPSA) is 49.3 Å². The predicted octanol–water partition coefficient (Wildman–Crippen LogP) is 2.57. The molecule has 3 nitrogen and oxygen atoms in total. The second-order valence-corrected chi connectivity index (χ2v) is 4.66. The lowest BCUT2D eigenvalue weighted by Crippen LogP contribution is -2.45. The van der Waals surface area contributed by atoms with Crippen LogP contribution in [-0.4, -0.2) is 24.0 Å². The number of hydrogen-bond acceptors (Lipinski definition) is 3. The molecular weight excluding hydrogens is 294 g/mol. The number of Topliss-reactive ketones (excluding diaryl/α,β-unsaturated/α-hetero) is 1. The number of carbonyl (C=O) groups excluding carboxylic acids is 1. The molecule has 4 heteroatoms. The van der Waals surface area contributed by atoms with Crippen molar-refractivity contribution in [2.45, 2.75) is 31.6 Å². The maximum atomic E-state index is 12.3. The fourth-order valence-electron chi connectivity index (χ4n) is 2.72. The van der Waals surface area contributed by atoms with Crippen LogP contribution in [0.1, 0.15) is 31.7 Å². The molecule has 0 aliphatic carbocycles. The van der Waals surface area contributed by atoms with Crippen molar-refractivity contribution in [2.75, 3.05) is 13.1 Å². The smallest absolute Gasteiger partial charge is 0.143 e. The Morgan fingerprint density at radius 1 is 1.39 bits per heavy atom. The predicted molar refractivity (Wildman–Crippen MR) is 77.5 cm³/mol. The van der Waals surface area contributed by atoms with E-state index < -0.39 is 5.41 Å². The van der Waals surface area contributed by atoms with E-state index in [1.807, 2.05) is 19.1 Å². The fraction of sp³-hybridized carbons (Fsp3) is 0.500. The molecule has 18 heavy (non-hydrogen) atoms. The van der Waals surface area contributed by atoms with E-state index in [0.717, 1.165) is 31.5 Å². The number of carbonyl (C=O) groups is 1. The molecule has 1 heterocycles. The van der Waals surface area contributed by atoms with Gasteiger partial charge >= 0.3 is 0 Å². The number of phenols is 1. The van der Waals surface area contributed by atoms with Crippen molar-refractivity contribution < 1.29 is 9.90 Å². The summed E-state index contributed by atoms with van der Waals surface area (Å²) in [5.41, 5.74) is 0.574. The van der Waals surface area contributed by atoms with Crippen LogP contribution in [0.3, 0.4) is 0 Å². The van der Waals surface area contributed by atoms with Gasteiger partial charge in [0.1, 0.15) is 11.5 Å². The van der Waals surface area contributed by atoms with Gasteiger partial charge in [0, 0.05) is 6.42 Å². The Hall–Kier alpha value is -0.870. The molecule has 1 aliphatic rings. The van der Waals surface area contributed by atoms with E-state index >= 15 is 0 Å². The molecular formula is C14H20BrNO2. The lowest BCUT2D eigenvalue weighted by molar-refractivity contribution is -0.125. The van der Waals surface area contributed by atoms with E-state index in [9.17, 15) is 9.90 Å². The quantitative estimate of drug-likeness (QED) is 0.901. The molecule has 2 N–H and O–H groups in total. The van der Waals surface area contributed by atoms with Crippen molar-refractivity contribution in [1.82, 2.24) is 5.32 Å². The summed E-state index contributed by atoms with van der Waals surface area (Å²) in [7, 11) is 0. The van der Waals surface area contributed by atoms with Gasteiger partial charge in [0.2, 0.25) is 0 Å². The summed E-state index contributed by atoms with van der Waals surface area (Å²) in [5, 5.41) is 12.9. The zero-order valence-electron chi connectivity index (χ0n) is 10.6. The number of benzene rings is 1. The summed E-state index contributed by atoms with van der Waals surface area (Å²) in [5.74, 6) is 0.522. The Kier molecular flexibility index (Phi) is 5.35. The molecule has 1 aromatic carbocycles. The second-order valence-electron chi connectivity index (χ2n) is 4.66. The molecule has 0 amide bonds. The average molecular weight is 314 g/mol. The van der Waals surface area contributed by atoms with Gasteiger partial charge in [-0.1, -0.05) is 19.1 Å². The Bertz CT molecular complexity index is 414. The van der Waals surface area contributed by atoms with Crippen LogP contribution >= 0.6 is 17.0 Å². The van der Waals surface area contributed by atoms with Crippen LogP contribution < -0.4 is 5.32 Å². The number of nitrogens with one attached hydrogen (secondary N) is 1. The van der Waals surface area contributed by atoms with E-state index in [-0.39, 0.29) is 28.5 Å². The first-order valence-electron chi connectivity index (χ1n) is 6.22. The normalized spacial score (nSPS) is 17.8. The zero-order chi connectivity index (χ0) is 12.3. The molecule has 1 fully saturated rings. The summed E-state index contributed by atoms with van der Waals surface area (Å²) in [6.07, 6.45) is 2.20. The Labute approximate surface area is 118 Å². The first kappa shape index (κ1) is 15.2. The highest BCUT2D eigenvalue weighted by molar-refractivity contribution is 8.93. The Morgan fingerprint density at radius 2 is 2.06 bits per heavy atom. The third kappa shape index (κ3) is 2.75. The van der Waals surface area contributed by atoms with Gasteiger partial charge in [-0.2, -0.15) is 0 Å². The van der Waals surface area contributed by atoms with Crippen LogP contribution in [0, 0.1) is 0 Å². The van der Waals surface area contributed by atoms with Gasteiger partial charge in [-0.25, -0.2) is 0 Å². The summed E-state index contributed by atoms with van der Waals surface area (Å²) in [4.78, 5) is 12.3. The van der Waals surface area contributed by atoms with Crippen molar-refractivity contribution in [2.24, 2.45) is 0 Å². The molecule has 2 rings (SSSR count). The van der Waals surface area contributed by atoms with Crippen molar-refractivity contribution >= 4 is 22.8 Å². The molecule has 0 unspecified atom stereocenters. The summed E-state index contributed by atoms with van der Waals surface area (Å²) >= 11 is 0. The minimum atomic E-state index is -0.390. The molecule has 0 spiro atoms. The van der Waals surface area contributed by atoms with Gasteiger partial charge in [0.15, 0.2) is 0 Å². The standard InChI is InChI=1S/C14H19NO2.BrH/c1-2-13(17)14(6-8-15-9-7-14)11-4-3-5-12(16)10-11;/h3-5,10,15-16H,2,6-9H2,1H3;1H. The first-order chi connectivity index (χ1) is 8.19. The number of hydrogen-bond donors (Lipinski definition) is 2. The molecule has 0 bridgehead atoms. The maximum Gasteiger partial charge on any atom is 0.143 e. The number of ketones is 1. The number of rotatable bonds is 3. The minimum Gasteiger partial charge on any atom is -0.508 e. The number of phenolic OH excluding ortho intramolecular Hbond substituents is 1. The van der Waals surface area contributed by atoms with Crippen LogP contribution in [0.4, 0.5) is 0 Å². The highest BCUT2D eigenvalue weighted by atomic mass is 79.9. The van der Waals surface area contributed by atoms with Gasteiger partial charge in [-0.3, -0.25) is 4.79 Å². The Morgan fingerprint density at radius 3 is 2.61 bits per heavy atom. The van der Waals surface area contributed by atoms with Gasteiger partial charge in [-0.05, 0) is 43.6 Å². The van der Waals surface area contributed by atoms with E-state index in [1.165, 1.54) is 0 Å². The lowest BCUT2D eigenvalue weighted by atomic mass is 9.69. The van der Waals surface area contributed by atoms with Crippen molar-refractivity contribution in [3.63, 3.8) is 0 Å². The van der Waals surface area contributed by atoms with Crippen LogP contribution in [0.25, 0.3) is 0 Å². The molecule has 0 radical (unpaired) electrons. The minimum absolute atomic E-state index is 0. The maximum absolute atomic E-state index is 12.3. The fourth-order valence-corrected chi connectivity index (χ4v) is 2.72. The highest BCUT2D eigenvalue weighted by Gasteiger charge is 2.39. The molecule has 0 atom stereocenters. The van der Waals surface area contributed by atoms with Crippen LogP contribution in [0.2, 0.25) is 0 Å². The zero-order valence-corrected chi connectivity index (χ0v) is 12.3. The van der Waals surface area contributed by atoms with E-state index in [4.69, 9.17) is 0 Å². The third-order valence-corrected chi connectivity index (χ3v) is 3.71. The van der Waals surface area contributed by atoms with Gasteiger partial charge in [0.25, 0.3) is 0 Å². The molecule has 0 saturated carbocycles. The van der Waals surface area contributed by atoms with Gasteiger partial charge < -0.3 is 10.4 Å². The SMILES string of the molecule is Br.CCC(=O)C1(c2cccc(O)c2)CCNCC1. The summed E-state index contributed by atoms with van der Waals surface area (Å²) < 4.78 is 0. The summed E-state index contributed by atoms with van der Waals surface area (Å²) in [6.45, 7) is 3.64. The van der Waals surface area contributed by atoms with Crippen molar-refractivity contribution in [3.8, 4) is 5.75 Å². The number of piperidine rings is 1. The average Bonchev–Trinajstić information content (AvgIpc) is 2.38. The lowest BCUT2D eigenvalue weighted by Gasteiger charge is -2.36. The highest BCUT2D eigenvalue weighted by Crippen LogP contribution is 2.36. The number of halogens is 1. The van der Waals surface area contributed by atoms with Crippen LogP contribution in [-0.2, 0) is 10.2 Å². The second kappa shape index (κ2) is 6.34. The van der Waals surface area contributed by atoms with Crippen LogP contribution in [0.5, 0.6) is 5.75 Å². The summed E-state index contributed by atoms with van der Waals surface area (Å²) in [6, 6.07) is 7.16.